The first-order valence-electron chi connectivity index (χ1n) is 33.8. The minimum absolute atomic E-state index is 0.185. The second-order valence-corrected chi connectivity index (χ2v) is 23.7. The maximum atomic E-state index is 12.9. The van der Waals surface area contributed by atoms with Gasteiger partial charge in [-0.2, -0.15) is 0 Å². The van der Waals surface area contributed by atoms with Crippen LogP contribution in [0.15, 0.2) is 85.1 Å². The van der Waals surface area contributed by atoms with E-state index in [-0.39, 0.29) is 32.2 Å². The Balaban J connectivity index is 4.10. The number of carbonyl (C=O) groups is 3. The predicted octanol–water partition coefficient (Wildman–Crippen LogP) is 20.7. The zero-order valence-electron chi connectivity index (χ0n) is 53.4. The fourth-order valence-corrected chi connectivity index (χ4v) is 9.48. The molecule has 9 heteroatoms. The highest BCUT2D eigenvalue weighted by molar-refractivity contribution is 5.71. The van der Waals surface area contributed by atoms with Gasteiger partial charge in [-0.25, -0.2) is 4.79 Å². The van der Waals surface area contributed by atoms with E-state index in [1.165, 1.54) is 180 Å². The van der Waals surface area contributed by atoms with Crippen LogP contribution in [0.5, 0.6) is 0 Å². The van der Waals surface area contributed by atoms with Crippen LogP contribution in [0.25, 0.3) is 0 Å². The molecule has 0 aliphatic heterocycles. The van der Waals surface area contributed by atoms with Crippen LogP contribution in [-0.4, -0.2) is 87.4 Å². The highest BCUT2D eigenvalue weighted by Crippen LogP contribution is 2.17. The van der Waals surface area contributed by atoms with E-state index in [1.807, 2.05) is 21.1 Å². The molecule has 0 fully saturated rings. The van der Waals surface area contributed by atoms with Crippen LogP contribution < -0.4 is 0 Å². The molecule has 0 heterocycles. The van der Waals surface area contributed by atoms with E-state index < -0.39 is 24.3 Å². The lowest BCUT2D eigenvalue weighted by molar-refractivity contribution is -0.870. The van der Waals surface area contributed by atoms with E-state index in [1.54, 1.807) is 0 Å². The van der Waals surface area contributed by atoms with Crippen LogP contribution >= 0.6 is 0 Å². The average Bonchev–Trinajstić information content (AvgIpc) is 3.44. The normalized spacial score (nSPS) is 13.2. The molecule has 0 saturated heterocycles. The first-order chi connectivity index (χ1) is 39.6. The molecule has 0 aromatic heterocycles. The van der Waals surface area contributed by atoms with E-state index >= 15 is 0 Å². The molecule has 0 rings (SSSR count). The Bertz CT molecular complexity index is 1600. The second kappa shape index (κ2) is 62.5. The molecular weight excluding hydrogens is 1010 g/mol. The SMILES string of the molecule is CC/C=C\C/C=C\C/C=C\C/C=C\CCCCCCCCCCCCC(=O)OC(COC(=O)CCCCCCCCCCCCCCCCCCCC/C=C\C/C=C\C/C=C\CCCCCCC)COC(OCC[N+](C)(C)C)C(=O)O. The van der Waals surface area contributed by atoms with Crippen molar-refractivity contribution in [1.82, 2.24) is 0 Å². The van der Waals surface area contributed by atoms with Crippen molar-refractivity contribution in [3.8, 4) is 0 Å². The van der Waals surface area contributed by atoms with Crippen molar-refractivity contribution in [1.29, 1.82) is 0 Å². The number of unbranched alkanes of at least 4 members (excludes halogenated alkanes) is 33. The fraction of sp³-hybridized carbons (Fsp3) is 0.764. The average molecular weight is 1140 g/mol. The first-order valence-corrected chi connectivity index (χ1v) is 33.8. The van der Waals surface area contributed by atoms with Gasteiger partial charge in [0.1, 0.15) is 13.2 Å². The van der Waals surface area contributed by atoms with Gasteiger partial charge in [-0.1, -0.05) is 279 Å². The highest BCUT2D eigenvalue weighted by atomic mass is 16.7. The van der Waals surface area contributed by atoms with Crippen molar-refractivity contribution < 1.29 is 42.9 Å². The Labute approximate surface area is 500 Å². The Morgan fingerprint density at radius 1 is 0.383 bits per heavy atom. The topological polar surface area (TPSA) is 108 Å². The predicted molar refractivity (Wildman–Crippen MR) is 346 cm³/mol. The van der Waals surface area contributed by atoms with E-state index in [0.29, 0.717) is 23.9 Å². The Morgan fingerprint density at radius 3 is 1.05 bits per heavy atom. The molecule has 0 amide bonds. The number of aliphatic carboxylic acids is 1. The van der Waals surface area contributed by atoms with Gasteiger partial charge in [-0.05, 0) is 89.9 Å². The fourth-order valence-electron chi connectivity index (χ4n) is 9.48. The van der Waals surface area contributed by atoms with E-state index in [4.69, 9.17) is 18.9 Å². The summed E-state index contributed by atoms with van der Waals surface area (Å²) in [6.45, 7) is 4.78. The number of carboxylic acid groups (broad SMARTS) is 1. The summed E-state index contributed by atoms with van der Waals surface area (Å²) < 4.78 is 23.0. The number of carbonyl (C=O) groups excluding carboxylic acids is 2. The van der Waals surface area contributed by atoms with Crippen molar-refractivity contribution in [2.45, 2.75) is 309 Å². The van der Waals surface area contributed by atoms with Gasteiger partial charge in [0.2, 0.25) is 0 Å². The van der Waals surface area contributed by atoms with Crippen LogP contribution in [0.2, 0.25) is 0 Å². The molecule has 0 bridgehead atoms. The summed E-state index contributed by atoms with van der Waals surface area (Å²) in [7, 11) is 5.97. The minimum atomic E-state index is -1.51. The van der Waals surface area contributed by atoms with Crippen molar-refractivity contribution in [2.75, 3.05) is 47.5 Å². The maximum absolute atomic E-state index is 12.9. The largest absolute Gasteiger partial charge is 0.477 e. The molecule has 0 aromatic rings. The number of allylic oxidation sites excluding steroid dienone is 14. The molecule has 9 nitrogen and oxygen atoms in total. The van der Waals surface area contributed by atoms with Crippen LogP contribution in [0.1, 0.15) is 296 Å². The van der Waals surface area contributed by atoms with Gasteiger partial charge in [-0.15, -0.1) is 0 Å². The third kappa shape index (κ3) is 63.9. The summed E-state index contributed by atoms with van der Waals surface area (Å²) in [6.07, 6.45) is 81.1. The van der Waals surface area contributed by atoms with E-state index in [9.17, 15) is 19.5 Å². The van der Waals surface area contributed by atoms with Crippen LogP contribution in [0.4, 0.5) is 0 Å². The monoisotopic (exact) mass is 1130 g/mol. The highest BCUT2D eigenvalue weighted by Gasteiger charge is 2.25. The first kappa shape index (κ1) is 77.5. The lowest BCUT2D eigenvalue weighted by Crippen LogP contribution is -2.40. The van der Waals surface area contributed by atoms with Gasteiger partial charge in [-0.3, -0.25) is 9.59 Å². The number of hydrogen-bond donors (Lipinski definition) is 1. The van der Waals surface area contributed by atoms with Crippen molar-refractivity contribution in [3.63, 3.8) is 0 Å². The van der Waals surface area contributed by atoms with Crippen molar-refractivity contribution >= 4 is 17.9 Å². The number of esters is 2. The van der Waals surface area contributed by atoms with Crippen LogP contribution in [0.3, 0.4) is 0 Å². The van der Waals surface area contributed by atoms with E-state index in [2.05, 4.69) is 98.9 Å². The molecular formula is C72H128NO8+. The maximum Gasteiger partial charge on any atom is 0.361 e. The third-order valence-corrected chi connectivity index (χ3v) is 14.6. The molecule has 0 aliphatic carbocycles. The summed E-state index contributed by atoms with van der Waals surface area (Å²) in [6, 6.07) is 0. The van der Waals surface area contributed by atoms with Gasteiger partial charge < -0.3 is 28.5 Å². The molecule has 468 valence electrons. The third-order valence-electron chi connectivity index (χ3n) is 14.6. The van der Waals surface area contributed by atoms with Crippen LogP contribution in [-0.2, 0) is 33.3 Å². The summed E-state index contributed by atoms with van der Waals surface area (Å²) in [5.74, 6) is -2.00. The number of hydrogen-bond acceptors (Lipinski definition) is 7. The number of rotatable bonds is 62. The molecule has 0 aromatic carbocycles. The van der Waals surface area contributed by atoms with Crippen molar-refractivity contribution in [3.05, 3.63) is 85.1 Å². The minimum Gasteiger partial charge on any atom is -0.477 e. The zero-order chi connectivity index (χ0) is 59.1. The standard InChI is InChI=1S/C72H127NO8/c1-6-8-10-12-14-16-18-20-22-24-26-28-30-31-32-33-34-35-36-37-38-39-41-42-44-46-48-50-52-54-56-58-60-62-69(74)79-66-68(67-80-72(71(76)77)78-65-64-73(3,4)5)81-70(75)63-61-59-57-55-53-51-49-47-45-43-40-29-27-25-23-21-19-17-15-13-11-9-7-2/h9,11,15,17-18,20-21,23-24,26-27,29-31,68,72H,6-8,10,12-14,16,19,22,25,28,32-67H2,1-5H3/p+1/b11-9-,17-15-,20-18-,23-21-,26-24-,29-27-,31-30-. The molecule has 0 radical (unpaired) electrons. The van der Waals surface area contributed by atoms with Gasteiger partial charge in [0.15, 0.2) is 6.10 Å². The lowest BCUT2D eigenvalue weighted by Gasteiger charge is -2.25. The summed E-state index contributed by atoms with van der Waals surface area (Å²) in [4.78, 5) is 37.6. The summed E-state index contributed by atoms with van der Waals surface area (Å²) in [5, 5.41) is 9.73. The number of nitrogens with zero attached hydrogens (tertiary/aromatic N) is 1. The number of carboxylic acids is 1. The quantitative estimate of drug-likeness (QED) is 0.0211. The lowest BCUT2D eigenvalue weighted by atomic mass is 10.0. The smallest absolute Gasteiger partial charge is 0.361 e. The van der Waals surface area contributed by atoms with Gasteiger partial charge in [0.25, 0.3) is 6.29 Å². The molecule has 0 saturated carbocycles. The Hall–Kier alpha value is -3.53. The zero-order valence-corrected chi connectivity index (χ0v) is 53.4. The van der Waals surface area contributed by atoms with Gasteiger partial charge in [0, 0.05) is 12.8 Å². The molecule has 81 heavy (non-hydrogen) atoms. The number of quaternary nitrogens is 1. The Morgan fingerprint density at radius 2 is 0.704 bits per heavy atom. The van der Waals surface area contributed by atoms with Crippen molar-refractivity contribution in [2.24, 2.45) is 0 Å². The molecule has 2 unspecified atom stereocenters. The van der Waals surface area contributed by atoms with E-state index in [0.717, 1.165) is 83.5 Å². The molecule has 2 atom stereocenters. The number of likely N-dealkylation sites (N-methyl/N-ethyl adjacent to an activating group) is 1. The summed E-state index contributed by atoms with van der Waals surface area (Å²) in [5.41, 5.74) is 0. The Kier molecular flexibility index (Phi) is 59.8. The van der Waals surface area contributed by atoms with Crippen LogP contribution in [0, 0.1) is 0 Å². The molecule has 0 aliphatic rings. The van der Waals surface area contributed by atoms with Gasteiger partial charge in [0.05, 0.1) is 34.4 Å². The molecule has 0 spiro atoms. The summed E-state index contributed by atoms with van der Waals surface area (Å²) >= 11 is 0. The number of ether oxygens (including phenoxy) is 4. The van der Waals surface area contributed by atoms with Gasteiger partial charge >= 0.3 is 17.9 Å². The molecule has 1 N–H and O–H groups in total. The second-order valence-electron chi connectivity index (χ2n) is 23.7.